The molecule has 1 aromatic carbocycles. The lowest BCUT2D eigenvalue weighted by Crippen LogP contribution is -2.29. The van der Waals surface area contributed by atoms with E-state index in [2.05, 4.69) is 15.3 Å². The second-order valence-corrected chi connectivity index (χ2v) is 4.78. The van der Waals surface area contributed by atoms with Crippen LogP contribution in [0.3, 0.4) is 0 Å². The van der Waals surface area contributed by atoms with E-state index in [1.807, 2.05) is 18.2 Å². The van der Waals surface area contributed by atoms with Crippen LogP contribution in [0.4, 0.5) is 0 Å². The molecule has 2 rings (SSSR count). The van der Waals surface area contributed by atoms with E-state index in [1.54, 1.807) is 7.11 Å². The van der Waals surface area contributed by atoms with Crippen molar-refractivity contribution in [2.75, 3.05) is 12.9 Å². The van der Waals surface area contributed by atoms with Gasteiger partial charge in [0.1, 0.15) is 5.75 Å². The highest BCUT2D eigenvalue weighted by Crippen LogP contribution is 2.22. The molecule has 0 aliphatic carbocycles. The zero-order valence-electron chi connectivity index (χ0n) is 10.5. The fraction of sp³-hybridized carbons (Fsp3) is 0.250. The second kappa shape index (κ2) is 5.75. The number of methoxy groups -OCH3 is 1. The van der Waals surface area contributed by atoms with Gasteiger partial charge in [0.05, 0.1) is 23.9 Å². The largest absolute Gasteiger partial charge is 0.497 e. The Balaban J connectivity index is 2.05. The summed E-state index contributed by atoms with van der Waals surface area (Å²) in [6.45, 7) is 1.30. The number of fused-ring (bicyclic) bond motifs is 1. The minimum Gasteiger partial charge on any atom is -0.497 e. The molecule has 0 atom stereocenters. The number of nitrogens with one attached hydrogen (secondary N) is 2. The van der Waals surface area contributed by atoms with E-state index in [9.17, 15) is 9.59 Å². The first kappa shape index (κ1) is 13.4. The van der Waals surface area contributed by atoms with Gasteiger partial charge in [-0.1, -0.05) is 11.8 Å². The molecule has 0 saturated heterocycles. The van der Waals surface area contributed by atoms with E-state index in [0.29, 0.717) is 5.16 Å². The number of carbonyl (C=O) groups is 2. The van der Waals surface area contributed by atoms with Crippen LogP contribution in [0.1, 0.15) is 6.92 Å². The molecule has 1 heterocycles. The molecular weight excluding hydrogens is 266 g/mol. The molecule has 7 heteroatoms. The number of imide groups is 1. The first-order chi connectivity index (χ1) is 9.08. The van der Waals surface area contributed by atoms with E-state index in [1.165, 1.54) is 18.7 Å². The average Bonchev–Trinajstić information content (AvgIpc) is 2.77. The Labute approximate surface area is 113 Å². The molecule has 0 aliphatic rings. The van der Waals surface area contributed by atoms with Crippen LogP contribution >= 0.6 is 11.8 Å². The second-order valence-electron chi connectivity index (χ2n) is 3.82. The van der Waals surface area contributed by atoms with Crippen molar-refractivity contribution in [3.8, 4) is 5.75 Å². The fourth-order valence-corrected chi connectivity index (χ4v) is 2.21. The highest BCUT2D eigenvalue weighted by molar-refractivity contribution is 7.99. The molecule has 2 amide bonds. The summed E-state index contributed by atoms with van der Waals surface area (Å²) in [5, 5.41) is 2.83. The third-order valence-corrected chi connectivity index (χ3v) is 3.20. The van der Waals surface area contributed by atoms with Crippen molar-refractivity contribution in [1.82, 2.24) is 15.3 Å². The Hall–Kier alpha value is -2.02. The third-order valence-electron chi connectivity index (χ3n) is 2.32. The molecule has 2 aromatic rings. The van der Waals surface area contributed by atoms with Gasteiger partial charge in [-0.25, -0.2) is 4.98 Å². The molecule has 0 spiro atoms. The highest BCUT2D eigenvalue weighted by atomic mass is 32.2. The van der Waals surface area contributed by atoms with Crippen molar-refractivity contribution >= 4 is 34.6 Å². The zero-order chi connectivity index (χ0) is 13.8. The summed E-state index contributed by atoms with van der Waals surface area (Å²) in [5.41, 5.74) is 1.64. The summed E-state index contributed by atoms with van der Waals surface area (Å²) in [7, 11) is 1.60. The molecule has 100 valence electrons. The van der Waals surface area contributed by atoms with Gasteiger partial charge in [0.25, 0.3) is 0 Å². The summed E-state index contributed by atoms with van der Waals surface area (Å²) in [5.74, 6) is 0.175. The monoisotopic (exact) mass is 279 g/mol. The van der Waals surface area contributed by atoms with Crippen LogP contribution in [0, 0.1) is 0 Å². The molecule has 0 aliphatic heterocycles. The maximum Gasteiger partial charge on any atom is 0.237 e. The molecule has 0 unspecified atom stereocenters. The van der Waals surface area contributed by atoms with Gasteiger partial charge in [-0.3, -0.25) is 14.9 Å². The maximum absolute atomic E-state index is 11.3. The number of aromatic nitrogens is 2. The zero-order valence-corrected chi connectivity index (χ0v) is 11.3. The number of carbonyl (C=O) groups excluding carboxylic acids is 2. The Kier molecular flexibility index (Phi) is 4.06. The molecule has 1 aromatic heterocycles. The predicted octanol–water partition coefficient (Wildman–Crippen LogP) is 1.33. The molecule has 0 fully saturated rings. The number of rotatable bonds is 4. The summed E-state index contributed by atoms with van der Waals surface area (Å²) >= 11 is 1.24. The van der Waals surface area contributed by atoms with E-state index in [0.717, 1.165) is 16.8 Å². The van der Waals surface area contributed by atoms with Crippen molar-refractivity contribution in [3.05, 3.63) is 18.2 Å². The van der Waals surface area contributed by atoms with Gasteiger partial charge < -0.3 is 9.72 Å². The Morgan fingerprint density at radius 1 is 1.47 bits per heavy atom. The predicted molar refractivity (Wildman–Crippen MR) is 72.2 cm³/mol. The number of benzene rings is 1. The van der Waals surface area contributed by atoms with E-state index in [4.69, 9.17) is 4.74 Å². The van der Waals surface area contributed by atoms with Crippen LogP contribution in [-0.2, 0) is 9.59 Å². The third kappa shape index (κ3) is 3.47. The summed E-state index contributed by atoms with van der Waals surface area (Å²) in [6.07, 6.45) is 0. The van der Waals surface area contributed by atoms with Crippen molar-refractivity contribution in [1.29, 1.82) is 0 Å². The van der Waals surface area contributed by atoms with Gasteiger partial charge in [-0.05, 0) is 12.1 Å². The Morgan fingerprint density at radius 2 is 2.26 bits per heavy atom. The van der Waals surface area contributed by atoms with Crippen LogP contribution in [-0.4, -0.2) is 34.6 Å². The van der Waals surface area contributed by atoms with Gasteiger partial charge in [0, 0.05) is 13.0 Å². The van der Waals surface area contributed by atoms with Crippen LogP contribution in [0.25, 0.3) is 11.0 Å². The number of hydrogen-bond donors (Lipinski definition) is 2. The minimum absolute atomic E-state index is 0.135. The number of nitrogens with zero attached hydrogens (tertiary/aromatic N) is 1. The topological polar surface area (TPSA) is 84.1 Å². The van der Waals surface area contributed by atoms with Gasteiger partial charge >= 0.3 is 0 Å². The molecule has 6 nitrogen and oxygen atoms in total. The number of amides is 2. The Morgan fingerprint density at radius 3 is 2.95 bits per heavy atom. The molecular formula is C12H13N3O3S. The van der Waals surface area contributed by atoms with Gasteiger partial charge in [-0.15, -0.1) is 0 Å². The lowest BCUT2D eigenvalue weighted by molar-refractivity contribution is -0.127. The number of imidazole rings is 1. The molecule has 0 saturated carbocycles. The summed E-state index contributed by atoms with van der Waals surface area (Å²) in [6, 6.07) is 5.49. The van der Waals surface area contributed by atoms with Crippen molar-refractivity contribution in [2.24, 2.45) is 0 Å². The van der Waals surface area contributed by atoms with Gasteiger partial charge in [0.2, 0.25) is 11.8 Å². The summed E-state index contributed by atoms with van der Waals surface area (Å²) in [4.78, 5) is 29.4. The standard InChI is InChI=1S/C12H13N3O3S/c1-7(16)13-11(17)6-19-12-14-9-4-3-8(18-2)5-10(9)15-12/h3-5H,6H2,1-2H3,(H,14,15)(H,13,16,17). The number of hydrogen-bond acceptors (Lipinski definition) is 5. The first-order valence-electron chi connectivity index (χ1n) is 5.55. The number of thioether (sulfide) groups is 1. The van der Waals surface area contributed by atoms with Crippen LogP contribution in [0.2, 0.25) is 0 Å². The number of ether oxygens (including phenoxy) is 1. The molecule has 0 radical (unpaired) electrons. The molecule has 19 heavy (non-hydrogen) atoms. The maximum atomic E-state index is 11.3. The van der Waals surface area contributed by atoms with Crippen LogP contribution in [0.5, 0.6) is 5.75 Å². The minimum atomic E-state index is -0.361. The highest BCUT2D eigenvalue weighted by Gasteiger charge is 2.08. The average molecular weight is 279 g/mol. The lowest BCUT2D eigenvalue weighted by Gasteiger charge is -1.98. The van der Waals surface area contributed by atoms with Gasteiger partial charge in [-0.2, -0.15) is 0 Å². The summed E-state index contributed by atoms with van der Waals surface area (Å²) < 4.78 is 5.12. The van der Waals surface area contributed by atoms with Crippen molar-refractivity contribution in [2.45, 2.75) is 12.1 Å². The smallest absolute Gasteiger partial charge is 0.237 e. The van der Waals surface area contributed by atoms with Crippen LogP contribution < -0.4 is 10.1 Å². The molecule has 2 N–H and O–H groups in total. The van der Waals surface area contributed by atoms with Crippen molar-refractivity contribution in [3.63, 3.8) is 0 Å². The lowest BCUT2D eigenvalue weighted by atomic mass is 10.3. The van der Waals surface area contributed by atoms with E-state index >= 15 is 0 Å². The van der Waals surface area contributed by atoms with Crippen LogP contribution in [0.15, 0.2) is 23.4 Å². The normalized spacial score (nSPS) is 10.4. The van der Waals surface area contributed by atoms with Gasteiger partial charge in [0.15, 0.2) is 5.16 Å². The number of aromatic amines is 1. The molecule has 0 bridgehead atoms. The quantitative estimate of drug-likeness (QED) is 0.825. The Bertz CT molecular complexity index is 624. The van der Waals surface area contributed by atoms with E-state index in [-0.39, 0.29) is 17.6 Å². The first-order valence-corrected chi connectivity index (χ1v) is 6.54. The number of H-pyrrole nitrogens is 1. The van der Waals surface area contributed by atoms with E-state index < -0.39 is 0 Å². The SMILES string of the molecule is COc1ccc2nc(SCC(=O)NC(C)=O)[nH]c2c1. The fourth-order valence-electron chi connectivity index (χ4n) is 1.53. The van der Waals surface area contributed by atoms with Crippen molar-refractivity contribution < 1.29 is 14.3 Å².